The quantitative estimate of drug-likeness (QED) is 0.263. The summed E-state index contributed by atoms with van der Waals surface area (Å²) in [5, 5.41) is 8.76. The molecule has 2 aromatic carbocycles. The Hall–Kier alpha value is -2.12. The van der Waals surface area contributed by atoms with E-state index in [9.17, 15) is 9.18 Å². The second-order valence-electron chi connectivity index (χ2n) is 6.79. The van der Waals surface area contributed by atoms with Crippen molar-refractivity contribution in [2.24, 2.45) is 0 Å². The Balaban J connectivity index is 0.000000785. The first kappa shape index (κ1) is 25.1. The molecule has 1 aliphatic rings. The Morgan fingerprint density at radius 3 is 2.55 bits per heavy atom. The molecule has 0 amide bonds. The van der Waals surface area contributed by atoms with Crippen LogP contribution in [0.5, 0.6) is 5.75 Å². The number of nitrogens with zero attached hydrogens (tertiary/aromatic N) is 1. The average Bonchev–Trinajstić information content (AvgIpc) is 2.96. The zero-order valence-electron chi connectivity index (χ0n) is 18.3. The predicted molar refractivity (Wildman–Crippen MR) is 130 cm³/mol. The second kappa shape index (κ2) is 13.3. The lowest BCUT2D eigenvalue weighted by atomic mass is 10.2. The highest BCUT2D eigenvalue weighted by Gasteiger charge is 2.20. The van der Waals surface area contributed by atoms with Gasteiger partial charge in [0.05, 0.1) is 22.9 Å². The molecule has 0 unspecified atom stereocenters. The third-order valence-electron chi connectivity index (χ3n) is 4.44. The topological polar surface area (TPSA) is 49.8 Å². The predicted octanol–water partition coefficient (Wildman–Crippen LogP) is 7.36. The van der Waals surface area contributed by atoms with Crippen molar-refractivity contribution < 1.29 is 19.0 Å². The minimum Gasteiger partial charge on any atom is -0.478 e. The SMILES string of the molecule is CCCC.CCSc1cc2c(cc1O/C=C/C(=O)O)SCCCN2c1ccc(F)cc1. The van der Waals surface area contributed by atoms with Gasteiger partial charge in [0.1, 0.15) is 11.6 Å². The van der Waals surface area contributed by atoms with Gasteiger partial charge < -0.3 is 14.7 Å². The number of unbranched alkanes of at least 4 members (excludes halogenated alkanes) is 1. The molecule has 0 radical (unpaired) electrons. The first-order valence-electron chi connectivity index (χ1n) is 10.5. The van der Waals surface area contributed by atoms with Gasteiger partial charge in [0.2, 0.25) is 0 Å². The van der Waals surface area contributed by atoms with Gasteiger partial charge >= 0.3 is 5.97 Å². The molecule has 0 bridgehead atoms. The Morgan fingerprint density at radius 1 is 1.23 bits per heavy atom. The molecule has 0 spiro atoms. The van der Waals surface area contributed by atoms with Crippen LogP contribution in [-0.2, 0) is 4.79 Å². The fraction of sp³-hybridized carbons (Fsp3) is 0.375. The zero-order valence-corrected chi connectivity index (χ0v) is 19.9. The monoisotopic (exact) mass is 463 g/mol. The zero-order chi connectivity index (χ0) is 22.6. The maximum atomic E-state index is 13.3. The van der Waals surface area contributed by atoms with Crippen LogP contribution >= 0.6 is 23.5 Å². The standard InChI is InChI=1S/C20H20FNO3S2.C4H10/c1-2-26-19-12-16-18(13-17(19)25-10-8-20(23)24)27-11-3-9-22(16)15-6-4-14(21)5-7-15;1-3-4-2/h4-8,10,12-13H,2-3,9,11H2,1H3,(H,23,24);3-4H2,1-2H3/b10-8+;. The van der Waals surface area contributed by atoms with Gasteiger partial charge in [-0.25, -0.2) is 9.18 Å². The maximum Gasteiger partial charge on any atom is 0.331 e. The summed E-state index contributed by atoms with van der Waals surface area (Å²) in [4.78, 5) is 14.9. The Morgan fingerprint density at radius 2 is 1.94 bits per heavy atom. The Kier molecular flexibility index (Phi) is 10.8. The molecule has 7 heteroatoms. The molecule has 4 nitrogen and oxygen atoms in total. The minimum atomic E-state index is -1.05. The molecular formula is C24H30FNO3S2. The molecule has 0 saturated heterocycles. The van der Waals surface area contributed by atoms with E-state index in [0.29, 0.717) is 5.75 Å². The number of fused-ring (bicyclic) bond motifs is 1. The van der Waals surface area contributed by atoms with Crippen molar-refractivity contribution >= 4 is 40.9 Å². The molecule has 0 fully saturated rings. The smallest absolute Gasteiger partial charge is 0.331 e. The maximum absolute atomic E-state index is 13.3. The van der Waals surface area contributed by atoms with Crippen LogP contribution in [-0.4, -0.2) is 29.1 Å². The lowest BCUT2D eigenvalue weighted by molar-refractivity contribution is -0.131. The molecule has 1 aliphatic heterocycles. The van der Waals surface area contributed by atoms with Crippen molar-refractivity contribution in [3.63, 3.8) is 0 Å². The fourth-order valence-electron chi connectivity index (χ4n) is 2.80. The van der Waals surface area contributed by atoms with Gasteiger partial charge in [0.15, 0.2) is 0 Å². The third-order valence-corrected chi connectivity index (χ3v) is 6.49. The lowest BCUT2D eigenvalue weighted by Crippen LogP contribution is -2.18. The van der Waals surface area contributed by atoms with E-state index in [4.69, 9.17) is 9.84 Å². The number of benzene rings is 2. The van der Waals surface area contributed by atoms with E-state index in [1.165, 1.54) is 31.2 Å². The van der Waals surface area contributed by atoms with Crippen LogP contribution in [0.2, 0.25) is 0 Å². The summed E-state index contributed by atoms with van der Waals surface area (Å²) in [5.74, 6) is 1.17. The summed E-state index contributed by atoms with van der Waals surface area (Å²) in [6, 6.07) is 10.6. The van der Waals surface area contributed by atoms with E-state index in [-0.39, 0.29) is 5.82 Å². The highest BCUT2D eigenvalue weighted by Crippen LogP contribution is 2.44. The van der Waals surface area contributed by atoms with E-state index in [1.54, 1.807) is 35.7 Å². The summed E-state index contributed by atoms with van der Waals surface area (Å²) < 4.78 is 18.9. The number of hydrogen-bond donors (Lipinski definition) is 1. The molecule has 168 valence electrons. The van der Waals surface area contributed by atoms with Crippen LogP contribution in [0.4, 0.5) is 15.8 Å². The molecule has 0 aromatic heterocycles. The van der Waals surface area contributed by atoms with E-state index >= 15 is 0 Å². The number of carboxylic acid groups (broad SMARTS) is 1. The molecule has 0 aliphatic carbocycles. The molecule has 31 heavy (non-hydrogen) atoms. The molecular weight excluding hydrogens is 433 g/mol. The van der Waals surface area contributed by atoms with Gasteiger partial charge in [-0.3, -0.25) is 0 Å². The van der Waals surface area contributed by atoms with Gasteiger partial charge in [-0.1, -0.05) is 33.6 Å². The van der Waals surface area contributed by atoms with Crippen molar-refractivity contribution in [2.75, 3.05) is 23.0 Å². The van der Waals surface area contributed by atoms with Crippen LogP contribution in [0.15, 0.2) is 58.5 Å². The van der Waals surface area contributed by atoms with E-state index in [0.717, 1.165) is 51.7 Å². The summed E-state index contributed by atoms with van der Waals surface area (Å²) in [6.07, 6.45) is 5.81. The largest absolute Gasteiger partial charge is 0.478 e. The normalized spacial score (nSPS) is 13.2. The fourth-order valence-corrected chi connectivity index (χ4v) is 4.55. The number of thioether (sulfide) groups is 2. The number of carboxylic acids is 1. The number of halogens is 1. The van der Waals surface area contributed by atoms with Crippen molar-refractivity contribution in [2.45, 2.75) is 49.8 Å². The summed E-state index contributed by atoms with van der Waals surface area (Å²) in [6.45, 7) is 7.26. The van der Waals surface area contributed by atoms with Crippen LogP contribution in [0, 0.1) is 5.82 Å². The number of rotatable bonds is 7. The van der Waals surface area contributed by atoms with Crippen LogP contribution in [0.3, 0.4) is 0 Å². The second-order valence-corrected chi connectivity index (χ2v) is 9.23. The minimum absolute atomic E-state index is 0.251. The number of hydrogen-bond acceptors (Lipinski definition) is 5. The summed E-state index contributed by atoms with van der Waals surface area (Å²) in [7, 11) is 0. The Bertz CT molecular complexity index is 870. The first-order valence-corrected chi connectivity index (χ1v) is 12.5. The molecule has 2 aromatic rings. The van der Waals surface area contributed by atoms with Crippen molar-refractivity contribution in [1.82, 2.24) is 0 Å². The van der Waals surface area contributed by atoms with E-state index < -0.39 is 5.97 Å². The molecule has 1 heterocycles. The van der Waals surface area contributed by atoms with Gasteiger partial charge in [-0.05, 0) is 54.3 Å². The van der Waals surface area contributed by atoms with Crippen molar-refractivity contribution in [1.29, 1.82) is 0 Å². The van der Waals surface area contributed by atoms with Gasteiger partial charge in [-0.15, -0.1) is 23.5 Å². The number of aliphatic carboxylic acids is 1. The van der Waals surface area contributed by atoms with Gasteiger partial charge in [0, 0.05) is 17.1 Å². The van der Waals surface area contributed by atoms with E-state index in [2.05, 4.69) is 31.7 Å². The number of anilines is 2. The summed E-state index contributed by atoms with van der Waals surface area (Å²) in [5.41, 5.74) is 2.02. The lowest BCUT2D eigenvalue weighted by Gasteiger charge is -2.26. The average molecular weight is 464 g/mol. The highest BCUT2D eigenvalue weighted by atomic mass is 32.2. The van der Waals surface area contributed by atoms with Crippen molar-refractivity contribution in [3.05, 3.63) is 54.6 Å². The number of carbonyl (C=O) groups is 1. The Labute approximate surface area is 192 Å². The van der Waals surface area contributed by atoms with E-state index in [1.807, 2.05) is 6.07 Å². The molecule has 0 atom stereocenters. The van der Waals surface area contributed by atoms with Crippen LogP contribution in [0.25, 0.3) is 0 Å². The number of ether oxygens (including phenoxy) is 1. The van der Waals surface area contributed by atoms with Gasteiger partial charge in [-0.2, -0.15) is 0 Å². The first-order chi connectivity index (χ1) is 15.0. The third kappa shape index (κ3) is 7.82. The summed E-state index contributed by atoms with van der Waals surface area (Å²) >= 11 is 3.38. The highest BCUT2D eigenvalue weighted by molar-refractivity contribution is 7.99. The molecule has 1 N–H and O–H groups in total. The van der Waals surface area contributed by atoms with Gasteiger partial charge in [0.25, 0.3) is 0 Å². The van der Waals surface area contributed by atoms with Crippen LogP contribution < -0.4 is 9.64 Å². The molecule has 3 rings (SSSR count). The molecule has 0 saturated carbocycles. The van der Waals surface area contributed by atoms with Crippen LogP contribution in [0.1, 0.15) is 40.0 Å². The van der Waals surface area contributed by atoms with Crippen molar-refractivity contribution in [3.8, 4) is 5.75 Å².